The van der Waals surface area contributed by atoms with Crippen LogP contribution >= 0.6 is 0 Å². The highest BCUT2D eigenvalue weighted by Crippen LogP contribution is 2.69. The topological polar surface area (TPSA) is 85.2 Å². The summed E-state index contributed by atoms with van der Waals surface area (Å²) in [5.74, 6) is 1.03. The third-order valence-corrected chi connectivity index (χ3v) is 9.04. The summed E-state index contributed by atoms with van der Waals surface area (Å²) in [6.07, 6.45) is 7.56. The van der Waals surface area contributed by atoms with Gasteiger partial charge in [-0.05, 0) is 49.7 Å². The molecule has 5 rings (SSSR count). The second-order valence-electron chi connectivity index (χ2n) is 10.3. The van der Waals surface area contributed by atoms with Gasteiger partial charge in [0.2, 0.25) is 0 Å². The maximum atomic E-state index is 13.4. The van der Waals surface area contributed by atoms with E-state index in [2.05, 4.69) is 13.8 Å². The van der Waals surface area contributed by atoms with Crippen molar-refractivity contribution in [1.82, 2.24) is 0 Å². The molecule has 0 aromatic rings. The van der Waals surface area contributed by atoms with Crippen LogP contribution in [-0.4, -0.2) is 54.0 Å². The van der Waals surface area contributed by atoms with Gasteiger partial charge < -0.3 is 14.6 Å². The van der Waals surface area contributed by atoms with Crippen molar-refractivity contribution in [3.63, 3.8) is 0 Å². The van der Waals surface area contributed by atoms with E-state index in [0.29, 0.717) is 12.3 Å². The van der Waals surface area contributed by atoms with Gasteiger partial charge in [0.1, 0.15) is 12.7 Å². The first-order chi connectivity index (χ1) is 14.2. The number of methoxy groups -OCH3 is 1. The number of nitrogens with zero attached hydrogens (tertiary/aromatic N) is 1. The number of carbonyl (C=O) groups excluding carboxylic acids is 2. The van der Waals surface area contributed by atoms with Crippen molar-refractivity contribution in [3.8, 4) is 0 Å². The standard InChI is InChI=1S/C24H31NO5/c1-13-25-24(19(28)12-29-4)20(30-13)10-17-16-6-5-14-9-15(26)7-8-22(14,2)21(16)18(27)11-23(17,24)3/h7-9,16-18,20-21,27H,5-6,10-12H2,1-4H3/t16-,17-,18-,20+,21+,22-,23-,24+/m0/s1. The summed E-state index contributed by atoms with van der Waals surface area (Å²) in [7, 11) is 1.53. The average Bonchev–Trinajstić information content (AvgIpc) is 3.13. The molecule has 4 aliphatic carbocycles. The molecular formula is C24H31NO5. The van der Waals surface area contributed by atoms with E-state index in [0.717, 1.165) is 24.8 Å². The van der Waals surface area contributed by atoms with Crippen LogP contribution < -0.4 is 0 Å². The minimum absolute atomic E-state index is 0.00140. The second-order valence-corrected chi connectivity index (χ2v) is 10.3. The molecule has 3 fully saturated rings. The van der Waals surface area contributed by atoms with E-state index in [1.165, 1.54) is 7.11 Å². The monoisotopic (exact) mass is 413 g/mol. The number of hydrogen-bond donors (Lipinski definition) is 1. The molecule has 0 unspecified atom stereocenters. The van der Waals surface area contributed by atoms with Gasteiger partial charge in [-0.25, -0.2) is 4.99 Å². The molecule has 6 nitrogen and oxygen atoms in total. The van der Waals surface area contributed by atoms with Crippen LogP contribution in [0.5, 0.6) is 0 Å². The van der Waals surface area contributed by atoms with Crippen LogP contribution in [0.3, 0.4) is 0 Å². The Labute approximate surface area is 177 Å². The summed E-state index contributed by atoms with van der Waals surface area (Å²) in [5.41, 5.74) is -0.664. The molecule has 3 saturated carbocycles. The number of carbonyl (C=O) groups is 2. The number of hydrogen-bond acceptors (Lipinski definition) is 6. The number of rotatable bonds is 3. The van der Waals surface area contributed by atoms with E-state index in [-0.39, 0.29) is 47.4 Å². The van der Waals surface area contributed by atoms with E-state index in [9.17, 15) is 14.7 Å². The van der Waals surface area contributed by atoms with E-state index < -0.39 is 17.1 Å². The van der Waals surface area contributed by atoms with Gasteiger partial charge in [0.15, 0.2) is 23.0 Å². The normalized spacial score (nSPS) is 48.7. The van der Waals surface area contributed by atoms with Crippen LogP contribution in [0.15, 0.2) is 28.8 Å². The zero-order valence-electron chi connectivity index (χ0n) is 18.2. The first kappa shape index (κ1) is 20.1. The molecule has 0 radical (unpaired) electrons. The van der Waals surface area contributed by atoms with Crippen molar-refractivity contribution in [2.45, 2.75) is 64.2 Å². The van der Waals surface area contributed by atoms with Crippen molar-refractivity contribution in [1.29, 1.82) is 0 Å². The molecule has 1 N–H and O–H groups in total. The highest BCUT2D eigenvalue weighted by atomic mass is 16.5. The minimum Gasteiger partial charge on any atom is -0.475 e. The SMILES string of the molecule is COCC(=O)[C@@]12N=C(C)O[C@@H]1C[C@H]1[C@@H]3CCC4=CC(=O)C=C[C@]4(C)[C@H]3[C@@H](O)C[C@@]12C. The maximum Gasteiger partial charge on any atom is 0.190 e. The largest absolute Gasteiger partial charge is 0.475 e. The van der Waals surface area contributed by atoms with E-state index in [4.69, 9.17) is 14.5 Å². The Morgan fingerprint density at radius 1 is 1.40 bits per heavy atom. The lowest BCUT2D eigenvalue weighted by Crippen LogP contribution is -2.62. The predicted octanol–water partition coefficient (Wildman–Crippen LogP) is 2.65. The molecule has 5 aliphatic rings. The summed E-state index contributed by atoms with van der Waals surface area (Å²) >= 11 is 0. The molecule has 30 heavy (non-hydrogen) atoms. The number of allylic oxidation sites excluding steroid dienone is 4. The van der Waals surface area contributed by atoms with Crippen LogP contribution in [0, 0.1) is 28.6 Å². The highest BCUT2D eigenvalue weighted by molar-refractivity contribution is 6.01. The number of fused-ring (bicyclic) bond motifs is 7. The number of Topliss-reactive ketones (excluding diaryl/α,β-unsaturated/α-hetero) is 1. The summed E-state index contributed by atoms with van der Waals surface area (Å²) in [4.78, 5) is 30.2. The molecule has 8 atom stereocenters. The van der Waals surface area contributed by atoms with E-state index in [1.807, 2.05) is 13.0 Å². The Hall–Kier alpha value is -1.79. The molecule has 1 heterocycles. The maximum absolute atomic E-state index is 13.4. The summed E-state index contributed by atoms with van der Waals surface area (Å²) < 4.78 is 11.3. The number of ether oxygens (including phenoxy) is 2. The van der Waals surface area contributed by atoms with Crippen LogP contribution in [0.25, 0.3) is 0 Å². The summed E-state index contributed by atoms with van der Waals surface area (Å²) in [6.45, 7) is 6.09. The smallest absolute Gasteiger partial charge is 0.190 e. The second kappa shape index (κ2) is 6.36. The first-order valence-electron chi connectivity index (χ1n) is 11.0. The van der Waals surface area contributed by atoms with Crippen LogP contribution in [0.2, 0.25) is 0 Å². The van der Waals surface area contributed by atoms with Gasteiger partial charge in [-0.2, -0.15) is 0 Å². The van der Waals surface area contributed by atoms with Crippen molar-refractivity contribution in [3.05, 3.63) is 23.8 Å². The fraction of sp³-hybridized carbons (Fsp3) is 0.708. The van der Waals surface area contributed by atoms with Gasteiger partial charge in [0, 0.05) is 30.8 Å². The van der Waals surface area contributed by atoms with Crippen LogP contribution in [0.1, 0.15) is 46.5 Å². The Balaban J connectivity index is 1.59. The van der Waals surface area contributed by atoms with Crippen molar-refractivity contribution in [2.24, 2.45) is 33.6 Å². The van der Waals surface area contributed by atoms with Gasteiger partial charge in [0.05, 0.1) is 6.10 Å². The molecule has 0 bridgehead atoms. The Kier molecular flexibility index (Phi) is 4.27. The Morgan fingerprint density at radius 3 is 2.90 bits per heavy atom. The number of aliphatic hydroxyl groups excluding tert-OH is 1. The molecule has 0 aromatic carbocycles. The van der Waals surface area contributed by atoms with Crippen LogP contribution in [0.4, 0.5) is 0 Å². The Morgan fingerprint density at radius 2 is 2.17 bits per heavy atom. The van der Waals surface area contributed by atoms with Crippen molar-refractivity contribution < 1.29 is 24.2 Å². The molecule has 1 aliphatic heterocycles. The van der Waals surface area contributed by atoms with Gasteiger partial charge in [-0.3, -0.25) is 9.59 Å². The summed E-state index contributed by atoms with van der Waals surface area (Å²) in [6, 6.07) is 0. The molecule has 162 valence electrons. The van der Waals surface area contributed by atoms with E-state index in [1.54, 1.807) is 12.2 Å². The van der Waals surface area contributed by atoms with Gasteiger partial charge in [-0.1, -0.05) is 25.5 Å². The lowest BCUT2D eigenvalue weighted by molar-refractivity contribution is -0.146. The Bertz CT molecular complexity index is 905. The molecule has 0 saturated heterocycles. The first-order valence-corrected chi connectivity index (χ1v) is 11.0. The quantitative estimate of drug-likeness (QED) is 0.769. The van der Waals surface area contributed by atoms with Crippen molar-refractivity contribution in [2.75, 3.05) is 13.7 Å². The lowest BCUT2D eigenvalue weighted by atomic mass is 9.46. The number of aliphatic hydroxyl groups is 1. The number of aliphatic imine (C=N–C) groups is 1. The van der Waals surface area contributed by atoms with Crippen molar-refractivity contribution >= 4 is 17.5 Å². The van der Waals surface area contributed by atoms with Gasteiger partial charge in [0.25, 0.3) is 0 Å². The third kappa shape index (κ3) is 2.29. The minimum atomic E-state index is -0.987. The zero-order chi connectivity index (χ0) is 21.5. The molecule has 0 aromatic heterocycles. The zero-order valence-corrected chi connectivity index (χ0v) is 18.2. The summed E-state index contributed by atoms with van der Waals surface area (Å²) in [5, 5.41) is 11.5. The number of ketones is 2. The lowest BCUT2D eigenvalue weighted by Gasteiger charge is -2.59. The van der Waals surface area contributed by atoms with Gasteiger partial charge >= 0.3 is 0 Å². The molecule has 0 spiro atoms. The third-order valence-electron chi connectivity index (χ3n) is 9.04. The van der Waals surface area contributed by atoms with Gasteiger partial charge in [-0.15, -0.1) is 0 Å². The fourth-order valence-electron chi connectivity index (χ4n) is 7.93. The van der Waals surface area contributed by atoms with Crippen LogP contribution in [-0.2, 0) is 19.1 Å². The van der Waals surface area contributed by atoms with E-state index >= 15 is 0 Å². The molecule has 0 amide bonds. The molecular weight excluding hydrogens is 382 g/mol. The molecule has 6 heteroatoms. The average molecular weight is 414 g/mol. The fourth-order valence-corrected chi connectivity index (χ4v) is 7.93. The highest BCUT2D eigenvalue weighted by Gasteiger charge is 2.74. The predicted molar refractivity (Wildman–Crippen MR) is 111 cm³/mol.